The summed E-state index contributed by atoms with van der Waals surface area (Å²) in [5, 5.41) is 14.0. The Morgan fingerprint density at radius 3 is 3.06 bits per heavy atom. The monoisotopic (exact) mass is 485 g/mol. The van der Waals surface area contributed by atoms with Gasteiger partial charge in [0.25, 0.3) is 0 Å². The van der Waals surface area contributed by atoms with Crippen LogP contribution < -0.4 is 10.1 Å². The van der Waals surface area contributed by atoms with E-state index in [0.29, 0.717) is 40.5 Å². The number of amides is 1. The molecule has 0 radical (unpaired) electrons. The molecular formula is C20H24ClN3O5S2. The van der Waals surface area contributed by atoms with Crippen LogP contribution in [0.5, 0.6) is 5.75 Å². The number of ether oxygens (including phenoxy) is 2. The molecule has 1 atom stereocenters. The number of nitrogens with one attached hydrogen (secondary N) is 1. The topological polar surface area (TPSA) is 101 Å². The molecule has 0 spiro atoms. The van der Waals surface area contributed by atoms with Crippen LogP contribution in [0.1, 0.15) is 11.3 Å². The summed E-state index contributed by atoms with van der Waals surface area (Å²) in [4.78, 5) is 29.4. The predicted octanol–water partition coefficient (Wildman–Crippen LogP) is 2.54. The van der Waals surface area contributed by atoms with Crippen LogP contribution in [0.4, 0.5) is 0 Å². The number of morpholine rings is 1. The quantitative estimate of drug-likeness (QED) is 0.495. The second-order valence-corrected chi connectivity index (χ2v) is 9.45. The van der Waals surface area contributed by atoms with Gasteiger partial charge in [0.15, 0.2) is 4.34 Å². The molecule has 31 heavy (non-hydrogen) atoms. The zero-order valence-corrected chi connectivity index (χ0v) is 19.4. The first-order valence-electron chi connectivity index (χ1n) is 9.65. The molecule has 8 nitrogen and oxygen atoms in total. The molecule has 1 aromatic heterocycles. The Kier molecular flexibility index (Phi) is 8.97. The molecule has 0 aliphatic carbocycles. The lowest BCUT2D eigenvalue weighted by atomic mass is 10.1. The molecule has 1 aliphatic heterocycles. The molecule has 1 aromatic carbocycles. The number of carboxylic acid groups (broad SMARTS) is 1. The van der Waals surface area contributed by atoms with E-state index in [9.17, 15) is 9.59 Å². The van der Waals surface area contributed by atoms with Gasteiger partial charge in [0.05, 0.1) is 42.7 Å². The normalized spacial score (nSPS) is 16.8. The average molecular weight is 486 g/mol. The number of thioether (sulfide) groups is 1. The summed E-state index contributed by atoms with van der Waals surface area (Å²) in [6.07, 6.45) is -0.194. The number of carboxylic acids is 1. The molecule has 1 unspecified atom stereocenters. The summed E-state index contributed by atoms with van der Waals surface area (Å²) in [7, 11) is 1.59. The molecule has 3 rings (SSSR count). The lowest BCUT2D eigenvalue weighted by Gasteiger charge is -2.33. The molecule has 0 saturated carbocycles. The number of benzene rings is 1. The van der Waals surface area contributed by atoms with Gasteiger partial charge >= 0.3 is 5.97 Å². The number of hydrogen-bond donors (Lipinski definition) is 2. The van der Waals surface area contributed by atoms with Gasteiger partial charge in [-0.2, -0.15) is 0 Å². The van der Waals surface area contributed by atoms with Crippen molar-refractivity contribution < 1.29 is 24.2 Å². The fraction of sp³-hybridized carbons (Fsp3) is 0.450. The number of aliphatic carboxylic acids is 1. The highest BCUT2D eigenvalue weighted by atomic mass is 35.5. The van der Waals surface area contributed by atoms with Gasteiger partial charge in [-0.3, -0.25) is 14.5 Å². The Labute approximate surface area is 193 Å². The first-order chi connectivity index (χ1) is 14.9. The first kappa shape index (κ1) is 23.8. The maximum Gasteiger partial charge on any atom is 0.309 e. The van der Waals surface area contributed by atoms with Crippen LogP contribution in [0.15, 0.2) is 27.9 Å². The minimum atomic E-state index is -0.920. The second-order valence-electron chi connectivity index (χ2n) is 6.96. The van der Waals surface area contributed by atoms with E-state index in [1.807, 2.05) is 18.2 Å². The van der Waals surface area contributed by atoms with Crippen LogP contribution >= 0.6 is 34.7 Å². The van der Waals surface area contributed by atoms with Crippen LogP contribution in [0, 0.1) is 0 Å². The molecule has 1 amide bonds. The zero-order valence-electron chi connectivity index (χ0n) is 17.0. The Hall–Kier alpha value is -1.85. The largest absolute Gasteiger partial charge is 0.495 e. The standard InChI is InChI=1S/C20H24ClN3O5S2/c1-28-17-3-2-13(6-16(17)21)9-24-4-5-29-15(10-24)8-22-18(25)12-31-20-23-14(11-30-20)7-19(26)27/h2-3,6,11,15H,4-5,7-10,12H2,1H3,(H,22,25)(H,26,27). The molecule has 2 aromatic rings. The van der Waals surface area contributed by atoms with Crippen LogP contribution in [0.3, 0.4) is 0 Å². The maximum atomic E-state index is 12.2. The molecule has 1 saturated heterocycles. The van der Waals surface area contributed by atoms with Crippen molar-refractivity contribution in [3.05, 3.63) is 39.9 Å². The van der Waals surface area contributed by atoms with E-state index in [2.05, 4.69) is 15.2 Å². The number of nitrogens with zero attached hydrogens (tertiary/aromatic N) is 2. The molecule has 1 fully saturated rings. The van der Waals surface area contributed by atoms with E-state index in [4.69, 9.17) is 26.2 Å². The summed E-state index contributed by atoms with van der Waals surface area (Å²) in [5.74, 6) is -0.151. The minimum Gasteiger partial charge on any atom is -0.495 e. The molecule has 11 heteroatoms. The van der Waals surface area contributed by atoms with Gasteiger partial charge < -0.3 is 19.9 Å². The summed E-state index contributed by atoms with van der Waals surface area (Å²) >= 11 is 8.85. The molecule has 1 aliphatic rings. The third-order valence-corrected chi connectivity index (χ3v) is 6.93. The number of thiazole rings is 1. The van der Waals surface area contributed by atoms with Crippen LogP contribution in [0.25, 0.3) is 0 Å². The van der Waals surface area contributed by atoms with E-state index in [0.717, 1.165) is 18.7 Å². The Morgan fingerprint density at radius 1 is 1.48 bits per heavy atom. The Morgan fingerprint density at radius 2 is 2.32 bits per heavy atom. The van der Waals surface area contributed by atoms with Crippen molar-refractivity contribution >= 4 is 46.6 Å². The highest BCUT2D eigenvalue weighted by Crippen LogP contribution is 2.26. The fourth-order valence-electron chi connectivity index (χ4n) is 3.11. The number of rotatable bonds is 10. The van der Waals surface area contributed by atoms with Crippen molar-refractivity contribution in [2.45, 2.75) is 23.4 Å². The SMILES string of the molecule is COc1ccc(CN2CCOC(CNC(=O)CSc3nc(CC(=O)O)cs3)C2)cc1Cl. The van der Waals surface area contributed by atoms with E-state index in [-0.39, 0.29) is 24.2 Å². The van der Waals surface area contributed by atoms with Crippen molar-refractivity contribution in [2.75, 3.05) is 39.1 Å². The highest BCUT2D eigenvalue weighted by Gasteiger charge is 2.21. The number of aromatic nitrogens is 1. The number of carbonyl (C=O) groups is 2. The van der Waals surface area contributed by atoms with Crippen LogP contribution in [0.2, 0.25) is 5.02 Å². The summed E-state index contributed by atoms with van der Waals surface area (Å²) in [6.45, 7) is 3.30. The van der Waals surface area contributed by atoms with Gasteiger partial charge in [-0.25, -0.2) is 4.98 Å². The van der Waals surface area contributed by atoms with Gasteiger partial charge in [-0.05, 0) is 17.7 Å². The maximum absolute atomic E-state index is 12.2. The van der Waals surface area contributed by atoms with Gasteiger partial charge in [-0.15, -0.1) is 11.3 Å². The third kappa shape index (κ3) is 7.65. The van der Waals surface area contributed by atoms with E-state index < -0.39 is 5.97 Å². The average Bonchev–Trinajstić information content (AvgIpc) is 3.18. The molecule has 2 heterocycles. The summed E-state index contributed by atoms with van der Waals surface area (Å²) in [5.41, 5.74) is 1.60. The third-order valence-electron chi connectivity index (χ3n) is 4.56. The number of carbonyl (C=O) groups excluding carboxylic acids is 1. The lowest BCUT2D eigenvalue weighted by molar-refractivity contribution is -0.136. The molecule has 168 valence electrons. The van der Waals surface area contributed by atoms with Crippen molar-refractivity contribution in [2.24, 2.45) is 0 Å². The molecule has 0 bridgehead atoms. The summed E-state index contributed by atoms with van der Waals surface area (Å²) in [6, 6.07) is 5.76. The number of methoxy groups -OCH3 is 1. The van der Waals surface area contributed by atoms with E-state index >= 15 is 0 Å². The van der Waals surface area contributed by atoms with Crippen molar-refractivity contribution in [1.29, 1.82) is 0 Å². The van der Waals surface area contributed by atoms with Crippen molar-refractivity contribution in [1.82, 2.24) is 15.2 Å². The van der Waals surface area contributed by atoms with Crippen molar-refractivity contribution in [3.8, 4) is 5.75 Å². The van der Waals surface area contributed by atoms with Gasteiger partial charge in [0.2, 0.25) is 5.91 Å². The van der Waals surface area contributed by atoms with Gasteiger partial charge in [0, 0.05) is 31.6 Å². The number of hydrogen-bond acceptors (Lipinski definition) is 8. The van der Waals surface area contributed by atoms with Gasteiger partial charge in [-0.1, -0.05) is 29.4 Å². The minimum absolute atomic E-state index is 0.0848. The Balaban J connectivity index is 1.40. The molecule has 2 N–H and O–H groups in total. The molecular weight excluding hydrogens is 462 g/mol. The van der Waals surface area contributed by atoms with Crippen LogP contribution in [-0.4, -0.2) is 72.1 Å². The van der Waals surface area contributed by atoms with Gasteiger partial charge in [0.1, 0.15) is 5.75 Å². The summed E-state index contributed by atoms with van der Waals surface area (Å²) < 4.78 is 11.7. The number of halogens is 1. The lowest BCUT2D eigenvalue weighted by Crippen LogP contribution is -2.47. The van der Waals surface area contributed by atoms with Crippen molar-refractivity contribution in [3.63, 3.8) is 0 Å². The predicted molar refractivity (Wildman–Crippen MR) is 120 cm³/mol. The smallest absolute Gasteiger partial charge is 0.309 e. The van der Waals surface area contributed by atoms with E-state index in [1.165, 1.54) is 23.1 Å². The highest BCUT2D eigenvalue weighted by molar-refractivity contribution is 8.01. The van der Waals surface area contributed by atoms with E-state index in [1.54, 1.807) is 12.5 Å². The zero-order chi connectivity index (χ0) is 22.2. The second kappa shape index (κ2) is 11.7. The first-order valence-corrected chi connectivity index (χ1v) is 11.9. The van der Waals surface area contributed by atoms with Crippen LogP contribution in [-0.2, 0) is 27.3 Å². The Bertz CT molecular complexity index is 911. The fourth-order valence-corrected chi connectivity index (χ4v) is 5.07.